The van der Waals surface area contributed by atoms with Crippen LogP contribution in [0.3, 0.4) is 0 Å². The van der Waals surface area contributed by atoms with Crippen LogP contribution >= 0.6 is 23.6 Å². The molecule has 0 aromatic carbocycles. The fraction of sp³-hybridized carbons (Fsp3) is 0.385. The van der Waals surface area contributed by atoms with Gasteiger partial charge in [-0.3, -0.25) is 9.25 Å². The lowest BCUT2D eigenvalue weighted by atomic mass is 10.3. The first kappa shape index (κ1) is 12.6. The van der Waals surface area contributed by atoms with Crippen LogP contribution < -0.4 is 0 Å². The van der Waals surface area contributed by atoms with E-state index in [1.54, 1.807) is 11.3 Å². The molecule has 4 nitrogen and oxygen atoms in total. The molecule has 0 amide bonds. The number of fused-ring (bicyclic) bond motifs is 1. The van der Waals surface area contributed by atoms with E-state index < -0.39 is 0 Å². The summed E-state index contributed by atoms with van der Waals surface area (Å²) in [5.74, 6) is 0. The Hall–Kier alpha value is -1.40. The van der Waals surface area contributed by atoms with Crippen LogP contribution in [0, 0.1) is 11.7 Å². The van der Waals surface area contributed by atoms with Gasteiger partial charge in [0.25, 0.3) is 0 Å². The number of aryl methyl sites for hydroxylation is 3. The molecule has 0 unspecified atom stereocenters. The Morgan fingerprint density at radius 3 is 2.89 bits per heavy atom. The maximum Gasteiger partial charge on any atom is 0.179 e. The lowest BCUT2D eigenvalue weighted by molar-refractivity contribution is 0.712. The van der Waals surface area contributed by atoms with Crippen molar-refractivity contribution in [3.8, 4) is 0 Å². The van der Waals surface area contributed by atoms with Crippen molar-refractivity contribution in [2.24, 2.45) is 7.05 Å². The molecule has 0 saturated carbocycles. The molecule has 0 aliphatic heterocycles. The van der Waals surface area contributed by atoms with Crippen molar-refractivity contribution in [2.75, 3.05) is 0 Å². The molecule has 1 N–H and O–H groups in total. The average molecular weight is 292 g/mol. The molecule has 3 aromatic heterocycles. The number of aromatic nitrogens is 4. The van der Waals surface area contributed by atoms with Crippen LogP contribution in [0.1, 0.15) is 23.1 Å². The molecule has 3 aromatic rings. The van der Waals surface area contributed by atoms with Crippen LogP contribution in [-0.2, 0) is 20.0 Å². The van der Waals surface area contributed by atoms with E-state index in [1.807, 2.05) is 11.7 Å². The van der Waals surface area contributed by atoms with Gasteiger partial charge in [0.2, 0.25) is 0 Å². The number of rotatable bonds is 3. The Balaban J connectivity index is 2.18. The van der Waals surface area contributed by atoms with Gasteiger partial charge in [-0.25, -0.2) is 0 Å². The monoisotopic (exact) mass is 292 g/mol. The van der Waals surface area contributed by atoms with Crippen LogP contribution in [0.2, 0.25) is 0 Å². The molecule has 0 bridgehead atoms. The zero-order chi connectivity index (χ0) is 13.6. The lowest BCUT2D eigenvalue weighted by Gasteiger charge is -2.04. The molecular weight excluding hydrogens is 276 g/mol. The largest absolute Gasteiger partial charge is 0.328 e. The third-order valence-corrected chi connectivity index (χ3v) is 4.76. The van der Waals surface area contributed by atoms with Gasteiger partial charge in [-0.2, -0.15) is 5.10 Å². The summed E-state index contributed by atoms with van der Waals surface area (Å²) in [6, 6.07) is 2.15. The third-order valence-electron chi connectivity index (χ3n) is 3.43. The van der Waals surface area contributed by atoms with E-state index >= 15 is 0 Å². The summed E-state index contributed by atoms with van der Waals surface area (Å²) < 4.78 is 4.82. The molecule has 19 heavy (non-hydrogen) atoms. The Labute approximate surface area is 120 Å². The van der Waals surface area contributed by atoms with Crippen molar-refractivity contribution in [3.63, 3.8) is 0 Å². The SMILES string of the molecule is CCc1nn(C)c2c1[nH]c(=S)n2Cc1sccc1C. The molecule has 0 aliphatic rings. The van der Waals surface area contributed by atoms with Crippen molar-refractivity contribution in [3.05, 3.63) is 32.4 Å². The number of H-pyrrole nitrogens is 1. The number of nitrogens with zero attached hydrogens (tertiary/aromatic N) is 3. The van der Waals surface area contributed by atoms with Crippen molar-refractivity contribution in [2.45, 2.75) is 26.8 Å². The zero-order valence-electron chi connectivity index (χ0n) is 11.2. The van der Waals surface area contributed by atoms with E-state index in [2.05, 4.69) is 39.9 Å². The van der Waals surface area contributed by atoms with Gasteiger partial charge in [-0.1, -0.05) is 6.92 Å². The normalized spacial score (nSPS) is 11.5. The minimum absolute atomic E-state index is 0.769. The first-order valence-electron chi connectivity index (χ1n) is 6.29. The molecule has 0 atom stereocenters. The van der Waals surface area contributed by atoms with Crippen molar-refractivity contribution >= 4 is 34.7 Å². The van der Waals surface area contributed by atoms with E-state index in [0.29, 0.717) is 0 Å². The fourth-order valence-corrected chi connectivity index (χ4v) is 3.53. The minimum Gasteiger partial charge on any atom is -0.328 e. The highest BCUT2D eigenvalue weighted by atomic mass is 32.1. The highest BCUT2D eigenvalue weighted by Gasteiger charge is 2.15. The van der Waals surface area contributed by atoms with E-state index in [9.17, 15) is 0 Å². The van der Waals surface area contributed by atoms with Crippen molar-refractivity contribution in [1.29, 1.82) is 0 Å². The number of hydrogen-bond donors (Lipinski definition) is 1. The maximum atomic E-state index is 5.46. The second-order valence-corrected chi connectivity index (χ2v) is 6.05. The standard InChI is InChI=1S/C13H16N4S2/c1-4-9-11-12(16(3)15-9)17(13(18)14-11)7-10-8(2)5-6-19-10/h5-6H,4,7H2,1-3H3,(H,14,18). The second-order valence-electron chi connectivity index (χ2n) is 4.67. The van der Waals surface area contributed by atoms with Crippen LogP contribution in [0.5, 0.6) is 0 Å². The predicted molar refractivity (Wildman–Crippen MR) is 81.4 cm³/mol. The quantitative estimate of drug-likeness (QED) is 0.751. The van der Waals surface area contributed by atoms with Gasteiger partial charge in [0.05, 0.1) is 12.2 Å². The predicted octanol–water partition coefficient (Wildman–Crippen LogP) is 3.41. The van der Waals surface area contributed by atoms with E-state index in [-0.39, 0.29) is 0 Å². The first-order valence-corrected chi connectivity index (χ1v) is 7.58. The molecule has 0 saturated heterocycles. The van der Waals surface area contributed by atoms with Gasteiger partial charge < -0.3 is 4.98 Å². The molecule has 0 aliphatic carbocycles. The Kier molecular flexibility index (Phi) is 3.06. The molecule has 3 rings (SSSR count). The molecule has 0 radical (unpaired) electrons. The summed E-state index contributed by atoms with van der Waals surface area (Å²) in [4.78, 5) is 4.64. The highest BCUT2D eigenvalue weighted by Crippen LogP contribution is 2.22. The van der Waals surface area contributed by atoms with Gasteiger partial charge in [0.15, 0.2) is 10.4 Å². The summed E-state index contributed by atoms with van der Waals surface area (Å²) in [5, 5.41) is 6.67. The molecule has 100 valence electrons. The van der Waals surface area contributed by atoms with Crippen molar-refractivity contribution < 1.29 is 0 Å². The summed E-state index contributed by atoms with van der Waals surface area (Å²) in [5.41, 5.74) is 4.54. The van der Waals surface area contributed by atoms with Gasteiger partial charge in [-0.15, -0.1) is 11.3 Å². The molecular formula is C13H16N4S2. The van der Waals surface area contributed by atoms with Crippen molar-refractivity contribution in [1.82, 2.24) is 19.3 Å². The van der Waals surface area contributed by atoms with E-state index in [4.69, 9.17) is 12.2 Å². The van der Waals surface area contributed by atoms with Gasteiger partial charge in [0, 0.05) is 11.9 Å². The Bertz CT molecular complexity index is 787. The summed E-state index contributed by atoms with van der Waals surface area (Å²) in [6.45, 7) is 5.06. The van der Waals surface area contributed by atoms with Crippen LogP contribution in [-0.4, -0.2) is 19.3 Å². The Morgan fingerprint density at radius 1 is 1.47 bits per heavy atom. The maximum absolute atomic E-state index is 5.46. The number of aromatic amines is 1. The lowest BCUT2D eigenvalue weighted by Crippen LogP contribution is -2.04. The highest BCUT2D eigenvalue weighted by molar-refractivity contribution is 7.71. The fourth-order valence-electron chi connectivity index (χ4n) is 2.38. The van der Waals surface area contributed by atoms with Crippen LogP contribution in [0.4, 0.5) is 0 Å². The van der Waals surface area contributed by atoms with Crippen LogP contribution in [0.15, 0.2) is 11.4 Å². The Morgan fingerprint density at radius 2 is 2.26 bits per heavy atom. The molecule has 3 heterocycles. The summed E-state index contributed by atoms with van der Waals surface area (Å²) >= 11 is 7.23. The number of imidazole rings is 1. The smallest absolute Gasteiger partial charge is 0.179 e. The van der Waals surface area contributed by atoms with Gasteiger partial charge >= 0.3 is 0 Å². The zero-order valence-corrected chi connectivity index (χ0v) is 12.9. The number of nitrogens with one attached hydrogen (secondary N) is 1. The van der Waals surface area contributed by atoms with Gasteiger partial charge in [0.1, 0.15) is 5.52 Å². The number of thiophene rings is 1. The molecule has 6 heteroatoms. The topological polar surface area (TPSA) is 38.5 Å². The minimum atomic E-state index is 0.769. The van der Waals surface area contributed by atoms with E-state index in [1.165, 1.54) is 10.4 Å². The first-order chi connectivity index (χ1) is 9.11. The van der Waals surface area contributed by atoms with E-state index in [0.717, 1.165) is 34.6 Å². The second kappa shape index (κ2) is 4.61. The molecule has 0 fully saturated rings. The summed E-state index contributed by atoms with van der Waals surface area (Å²) in [6.07, 6.45) is 0.907. The number of hydrogen-bond acceptors (Lipinski definition) is 3. The van der Waals surface area contributed by atoms with Crippen LogP contribution in [0.25, 0.3) is 11.2 Å². The van der Waals surface area contributed by atoms with Gasteiger partial charge in [-0.05, 0) is 42.6 Å². The molecule has 0 spiro atoms. The average Bonchev–Trinajstić information content (AvgIpc) is 3.00. The third kappa shape index (κ3) is 1.95. The summed E-state index contributed by atoms with van der Waals surface area (Å²) in [7, 11) is 1.97.